The number of aryl methyl sites for hydroxylation is 2. The second-order valence-electron chi connectivity index (χ2n) is 20.3. The average Bonchev–Trinajstić information content (AvgIpc) is 4.03. The lowest BCUT2D eigenvalue weighted by molar-refractivity contribution is -0.685. The number of allylic oxidation sites excluding steroid dienone is 6. The van der Waals surface area contributed by atoms with Gasteiger partial charge in [-0.05, 0) is 147 Å². The fraction of sp³-hybridized carbons (Fsp3) is 0.571. The van der Waals surface area contributed by atoms with Gasteiger partial charge in [0.05, 0.1) is 53.7 Å². The number of imide groups is 1. The smallest absolute Gasteiger partial charge is 0.335 e. The lowest BCUT2D eigenvalue weighted by Gasteiger charge is -2.30. The number of fused-ring (bicyclic) bond motifs is 3. The number of nitrogens with zero attached hydrogens (tertiary/aromatic N) is 4. The number of pyridine rings is 1. The van der Waals surface area contributed by atoms with Gasteiger partial charge in [0, 0.05) is 94.4 Å². The highest BCUT2D eigenvalue weighted by atomic mass is 79.9. The molecule has 22 heteroatoms. The zero-order chi connectivity index (χ0) is 56.1. The van der Waals surface area contributed by atoms with Crippen molar-refractivity contribution < 1.29 is 67.0 Å². The van der Waals surface area contributed by atoms with Crippen LogP contribution in [0.5, 0.6) is 0 Å². The molecule has 1 saturated heterocycles. The maximum absolute atomic E-state index is 13.5. The van der Waals surface area contributed by atoms with Crippen LogP contribution >= 0.6 is 28.0 Å². The van der Waals surface area contributed by atoms with Crippen LogP contribution in [0.2, 0.25) is 0 Å². The van der Waals surface area contributed by atoms with Crippen molar-refractivity contribution >= 4 is 80.7 Å². The Bertz CT molecular complexity index is 2560. The van der Waals surface area contributed by atoms with E-state index in [1.54, 1.807) is 14.2 Å². The number of carbonyl (C=O) groups is 6. The van der Waals surface area contributed by atoms with Crippen molar-refractivity contribution in [2.24, 2.45) is 4.99 Å². The maximum Gasteiger partial charge on any atom is 0.335 e. The molecule has 5 amide bonds. The van der Waals surface area contributed by atoms with Gasteiger partial charge in [-0.2, -0.15) is 0 Å². The number of hydrogen-bond acceptors (Lipinski definition) is 16. The van der Waals surface area contributed by atoms with E-state index < -0.39 is 34.7 Å². The summed E-state index contributed by atoms with van der Waals surface area (Å²) >= 11 is 4.71. The van der Waals surface area contributed by atoms with Crippen molar-refractivity contribution in [1.29, 1.82) is 0 Å². The average molecular weight is 1170 g/mol. The number of nitrogens with one attached hydrogen (secondary N) is 3. The molecule has 0 aliphatic carbocycles. The largest absolute Gasteiger partial charge is 0.385 e. The van der Waals surface area contributed by atoms with Crippen LogP contribution < -0.4 is 25.4 Å². The number of hydroxylamine groups is 2. The molecule has 5 heterocycles. The van der Waals surface area contributed by atoms with Crippen molar-refractivity contribution in [2.45, 2.75) is 152 Å². The number of benzene rings is 1. The van der Waals surface area contributed by atoms with Gasteiger partial charge in [-0.25, -0.2) is 14.6 Å². The number of hydrogen-bond donors (Lipinski definition) is 4. The van der Waals surface area contributed by atoms with Crippen molar-refractivity contribution in [3.8, 4) is 0 Å². The second kappa shape index (κ2) is 30.9. The van der Waals surface area contributed by atoms with E-state index in [9.17, 15) is 28.8 Å². The molecule has 1 aromatic carbocycles. The highest BCUT2D eigenvalue weighted by Gasteiger charge is 2.46. The van der Waals surface area contributed by atoms with Gasteiger partial charge in [0.15, 0.2) is 5.71 Å². The number of anilines is 1. The number of methoxy groups -OCH3 is 2. The quantitative estimate of drug-likeness (QED) is 0.0297. The minimum atomic E-state index is -0.821. The predicted molar refractivity (Wildman–Crippen MR) is 296 cm³/mol. The van der Waals surface area contributed by atoms with Gasteiger partial charge in [0.1, 0.15) is 12.2 Å². The second-order valence-corrected chi connectivity index (χ2v) is 22.0. The van der Waals surface area contributed by atoms with E-state index in [1.807, 2.05) is 24.4 Å². The SMILES string of the molecule is COCCC1(C)C2=C/C=C/C=C/C3=Nc4c(cc(Br)c[n+]4CCCCCC(=O)NC(C(=O)NCCOCCC(=O)ON4C(=O)CCC4=O)CCCCNC(=O)CCCCCN2c2c(C)cc(SOOO)cc21)C3(C)CCOC. The van der Waals surface area contributed by atoms with Gasteiger partial charge in [0.25, 0.3) is 11.8 Å². The summed E-state index contributed by atoms with van der Waals surface area (Å²) in [6.45, 7) is 9.48. The van der Waals surface area contributed by atoms with Crippen LogP contribution in [0.25, 0.3) is 0 Å². The molecule has 2 bridgehead atoms. The Balaban J connectivity index is 1.17. The molecule has 0 spiro atoms. The number of aromatic nitrogens is 1. The number of carbonyl (C=O) groups excluding carboxylic acids is 6. The summed E-state index contributed by atoms with van der Waals surface area (Å²) in [5, 5.41) is 22.2. The monoisotopic (exact) mass is 1170 g/mol. The first-order chi connectivity index (χ1) is 37.6. The lowest BCUT2D eigenvalue weighted by Crippen LogP contribution is -2.47. The summed E-state index contributed by atoms with van der Waals surface area (Å²) in [5.74, 6) is -1.70. The van der Waals surface area contributed by atoms with Crippen LogP contribution in [0.15, 0.2) is 74.8 Å². The molecule has 78 heavy (non-hydrogen) atoms. The Morgan fingerprint density at radius 1 is 0.859 bits per heavy atom. The third kappa shape index (κ3) is 16.9. The molecule has 0 saturated carbocycles. The fourth-order valence-electron chi connectivity index (χ4n) is 10.3. The lowest BCUT2D eigenvalue weighted by atomic mass is 9.77. The van der Waals surface area contributed by atoms with Crippen molar-refractivity contribution in [3.63, 3.8) is 0 Å². The first-order valence-corrected chi connectivity index (χ1v) is 28.6. The molecule has 4 aliphatic rings. The van der Waals surface area contributed by atoms with E-state index in [1.165, 1.54) is 0 Å². The van der Waals surface area contributed by atoms with Crippen molar-refractivity contribution in [2.75, 3.05) is 65.2 Å². The molecule has 426 valence electrons. The zero-order valence-electron chi connectivity index (χ0n) is 45.7. The number of halogens is 1. The van der Waals surface area contributed by atoms with Crippen LogP contribution in [0.3, 0.4) is 0 Å². The van der Waals surface area contributed by atoms with E-state index in [0.29, 0.717) is 89.3 Å². The normalized spacial score (nSPS) is 22.9. The number of aliphatic imine (C=N–C) groups is 1. The van der Waals surface area contributed by atoms with E-state index in [4.69, 9.17) is 33.6 Å². The predicted octanol–water partition coefficient (Wildman–Crippen LogP) is 7.70. The minimum absolute atomic E-state index is 0.00394. The molecule has 3 atom stereocenters. The third-order valence-corrected chi connectivity index (χ3v) is 15.6. The fourth-order valence-corrected chi connectivity index (χ4v) is 11.3. The van der Waals surface area contributed by atoms with E-state index >= 15 is 0 Å². The zero-order valence-corrected chi connectivity index (χ0v) is 48.1. The topological polar surface area (TPSA) is 237 Å². The first kappa shape index (κ1) is 61.9. The summed E-state index contributed by atoms with van der Waals surface area (Å²) in [7, 11) is 3.41. The van der Waals surface area contributed by atoms with E-state index in [2.05, 4.69) is 97.5 Å². The number of rotatable bonds is 17. The highest BCUT2D eigenvalue weighted by molar-refractivity contribution is 9.10. The molecular weight excluding hydrogens is 1090 g/mol. The van der Waals surface area contributed by atoms with Crippen LogP contribution in [0.1, 0.15) is 133 Å². The van der Waals surface area contributed by atoms with Crippen molar-refractivity contribution in [1.82, 2.24) is 21.0 Å². The molecule has 20 nitrogen and oxygen atoms in total. The summed E-state index contributed by atoms with van der Waals surface area (Å²) in [6.07, 6.45) is 20.2. The molecule has 2 aromatic rings. The maximum atomic E-state index is 13.5. The Labute approximate surface area is 470 Å². The number of ether oxygens (including phenoxy) is 3. The molecule has 3 unspecified atom stereocenters. The first-order valence-electron chi connectivity index (χ1n) is 27.0. The van der Waals surface area contributed by atoms with Crippen molar-refractivity contribution in [3.05, 3.63) is 81.6 Å². The van der Waals surface area contributed by atoms with Gasteiger partial charge in [-0.3, -0.25) is 24.0 Å². The van der Waals surface area contributed by atoms with Crippen LogP contribution in [-0.2, 0) is 74.6 Å². The standard InChI is InChI=1S/C56H76BrN7O13S/c1-39-35-41(78-77-76-71)37-42-52(39)63-30-16-8-11-20-47(65)58-27-14-13-17-44(54(70)59-28-34-74-31-24-51(69)75-64-49(67)22-23-50(64)68)60-48(66)21-12-7-15-29-62-38-40(57)36-43-53(62)61-45(55(43,2)25-32-72-4)18-9-6-10-19-46(63)56(42,3)26-33-73-5/h6,9-10,18-19,35-38,44H,7-8,11-17,20-34H2,1-5H3,(H3-,58,59,60,65,66,70,71)/p+1. The molecule has 0 radical (unpaired) electrons. The molecule has 1 fully saturated rings. The van der Waals surface area contributed by atoms with Gasteiger partial charge in [-0.1, -0.05) is 29.7 Å². The Kier molecular flexibility index (Phi) is 24.5. The van der Waals surface area contributed by atoms with Crippen LogP contribution in [0, 0.1) is 6.92 Å². The van der Waals surface area contributed by atoms with Crippen LogP contribution in [-0.4, -0.2) is 118 Å². The van der Waals surface area contributed by atoms with E-state index in [-0.39, 0.29) is 63.2 Å². The minimum Gasteiger partial charge on any atom is -0.385 e. The molecule has 4 N–H and O–H groups in total. The van der Waals surface area contributed by atoms with Gasteiger partial charge in [-0.15, -0.1) is 9.40 Å². The highest BCUT2D eigenvalue weighted by Crippen LogP contribution is 2.53. The molecule has 6 rings (SSSR count). The summed E-state index contributed by atoms with van der Waals surface area (Å²) in [4.78, 5) is 88.9. The molecule has 4 aliphatic heterocycles. The summed E-state index contributed by atoms with van der Waals surface area (Å²) in [5.41, 5.74) is 5.48. The Morgan fingerprint density at radius 2 is 1.59 bits per heavy atom. The molecular formula is C56H77BrN7O13S+. The van der Waals surface area contributed by atoms with Gasteiger partial charge >= 0.3 is 11.8 Å². The summed E-state index contributed by atoms with van der Waals surface area (Å²) < 4.78 is 24.8. The van der Waals surface area contributed by atoms with Gasteiger partial charge in [0.2, 0.25) is 17.7 Å². The molecule has 1 aromatic heterocycles. The van der Waals surface area contributed by atoms with Crippen LogP contribution in [0.4, 0.5) is 11.5 Å². The number of amides is 5. The third-order valence-electron chi connectivity index (χ3n) is 14.6. The van der Waals surface area contributed by atoms with Gasteiger partial charge < -0.3 is 39.9 Å². The summed E-state index contributed by atoms with van der Waals surface area (Å²) in [6, 6.07) is 5.42. The Morgan fingerprint density at radius 3 is 2.33 bits per heavy atom. The Hall–Kier alpha value is -5.33. The van der Waals surface area contributed by atoms with E-state index in [0.717, 1.165) is 86.7 Å².